The Morgan fingerprint density at radius 2 is 2.00 bits per heavy atom. The monoisotopic (exact) mass is 162 g/mol. The lowest BCUT2D eigenvalue weighted by Gasteiger charge is -2.09. The molecule has 0 bridgehead atoms. The van der Waals surface area contributed by atoms with Gasteiger partial charge in [0.25, 0.3) is 0 Å². The van der Waals surface area contributed by atoms with E-state index < -0.39 is 0 Å². The summed E-state index contributed by atoms with van der Waals surface area (Å²) in [5.41, 5.74) is 1.99. The molecule has 2 heteroatoms. The van der Waals surface area contributed by atoms with Crippen molar-refractivity contribution in [1.82, 2.24) is 0 Å². The Kier molecular flexibility index (Phi) is 2.86. The lowest BCUT2D eigenvalue weighted by atomic mass is 10.0. The fraction of sp³-hybridized carbons (Fsp3) is 0.300. The van der Waals surface area contributed by atoms with Crippen molar-refractivity contribution >= 4 is 12.1 Å². The number of hydrogen-bond acceptors (Lipinski definition) is 1. The van der Waals surface area contributed by atoms with Gasteiger partial charge < -0.3 is 5.32 Å². The number of nitrogens with one attached hydrogen (secondary N) is 1. The molecule has 12 heavy (non-hydrogen) atoms. The molecule has 0 atom stereocenters. The topological polar surface area (TPSA) is 29.1 Å². The van der Waals surface area contributed by atoms with Crippen molar-refractivity contribution in [2.24, 2.45) is 0 Å². The molecule has 0 heterocycles. The maximum absolute atomic E-state index is 10.1. The van der Waals surface area contributed by atoms with Crippen LogP contribution in [0.5, 0.6) is 0 Å². The first-order chi connectivity index (χ1) is 5.75. The lowest BCUT2D eigenvalue weighted by molar-refractivity contribution is 0.561. The van der Waals surface area contributed by atoms with Crippen molar-refractivity contribution in [2.75, 3.05) is 5.32 Å². The first-order valence-corrected chi connectivity index (χ1v) is 3.97. The zero-order valence-corrected chi connectivity index (χ0v) is 7.29. The largest absolute Gasteiger partial charge is 0.318 e. The molecule has 1 rings (SSSR count). The number of benzene rings is 1. The summed E-state index contributed by atoms with van der Waals surface area (Å²) in [5, 5.41) is 2.55. The second-order valence-electron chi connectivity index (χ2n) is 2.97. The third-order valence-corrected chi connectivity index (χ3v) is 1.77. The van der Waals surface area contributed by atoms with Crippen molar-refractivity contribution in [1.29, 1.82) is 0 Å². The smallest absolute Gasteiger partial charge is 0.314 e. The molecule has 63 valence electrons. The standard InChI is InChI=1S/C10H12NO/c1-8(2)9-5-3-4-6-10(9)11-7-12/h3-6,8H,1-2H3,(H,11,12). The van der Waals surface area contributed by atoms with E-state index in [1.165, 1.54) is 0 Å². The van der Waals surface area contributed by atoms with E-state index in [0.29, 0.717) is 5.92 Å². The molecule has 0 saturated carbocycles. The SMILES string of the molecule is CC(C)c1ccccc1N[C]=O. The summed E-state index contributed by atoms with van der Waals surface area (Å²) in [4.78, 5) is 10.1. The Morgan fingerprint density at radius 3 is 2.58 bits per heavy atom. The molecule has 1 amide bonds. The van der Waals surface area contributed by atoms with Gasteiger partial charge in [0.05, 0.1) is 0 Å². The molecule has 1 aromatic rings. The van der Waals surface area contributed by atoms with Gasteiger partial charge in [0.15, 0.2) is 0 Å². The van der Waals surface area contributed by atoms with E-state index >= 15 is 0 Å². The van der Waals surface area contributed by atoms with Crippen LogP contribution in [0.25, 0.3) is 0 Å². The van der Waals surface area contributed by atoms with Crippen molar-refractivity contribution in [2.45, 2.75) is 19.8 Å². The van der Waals surface area contributed by atoms with Gasteiger partial charge in [-0.2, -0.15) is 0 Å². The molecule has 1 radical (unpaired) electrons. The Labute approximate surface area is 72.6 Å². The minimum absolute atomic E-state index is 0.419. The van der Waals surface area contributed by atoms with Gasteiger partial charge in [-0.15, -0.1) is 0 Å². The van der Waals surface area contributed by atoms with Crippen LogP contribution in [0, 0.1) is 0 Å². The van der Waals surface area contributed by atoms with Gasteiger partial charge >= 0.3 is 6.41 Å². The Morgan fingerprint density at radius 1 is 1.33 bits per heavy atom. The molecular formula is C10H12NO. The first-order valence-electron chi connectivity index (χ1n) is 3.97. The molecule has 1 aromatic carbocycles. The highest BCUT2D eigenvalue weighted by atomic mass is 16.1. The molecule has 2 nitrogen and oxygen atoms in total. The summed E-state index contributed by atoms with van der Waals surface area (Å²) in [7, 11) is 0. The summed E-state index contributed by atoms with van der Waals surface area (Å²) in [5.74, 6) is 0.419. The molecule has 0 fully saturated rings. The van der Waals surface area contributed by atoms with Crippen LogP contribution in [0.4, 0.5) is 5.69 Å². The van der Waals surface area contributed by atoms with E-state index in [-0.39, 0.29) is 0 Å². The van der Waals surface area contributed by atoms with Gasteiger partial charge in [-0.3, -0.25) is 4.79 Å². The molecule has 0 saturated heterocycles. The second-order valence-corrected chi connectivity index (χ2v) is 2.97. The van der Waals surface area contributed by atoms with Crippen LogP contribution < -0.4 is 5.32 Å². The van der Waals surface area contributed by atoms with E-state index in [1.807, 2.05) is 24.3 Å². The van der Waals surface area contributed by atoms with Gasteiger partial charge in [-0.25, -0.2) is 0 Å². The molecule has 0 aliphatic heterocycles. The maximum Gasteiger partial charge on any atom is 0.314 e. The fourth-order valence-corrected chi connectivity index (χ4v) is 1.17. The number of rotatable bonds is 3. The predicted octanol–water partition coefficient (Wildman–Crippen LogP) is 2.29. The predicted molar refractivity (Wildman–Crippen MR) is 49.8 cm³/mol. The van der Waals surface area contributed by atoms with Gasteiger partial charge in [-0.05, 0) is 17.5 Å². The lowest BCUT2D eigenvalue weighted by Crippen LogP contribution is -1.99. The minimum Gasteiger partial charge on any atom is -0.318 e. The molecule has 0 aliphatic rings. The van der Waals surface area contributed by atoms with Crippen LogP contribution in [0.2, 0.25) is 0 Å². The highest BCUT2D eigenvalue weighted by molar-refractivity contribution is 5.74. The zero-order chi connectivity index (χ0) is 8.97. The average Bonchev–Trinajstić information content (AvgIpc) is 2.05. The van der Waals surface area contributed by atoms with Crippen LogP contribution in [0.15, 0.2) is 24.3 Å². The highest BCUT2D eigenvalue weighted by Gasteiger charge is 2.03. The quantitative estimate of drug-likeness (QED) is 0.679. The summed E-state index contributed by atoms with van der Waals surface area (Å²) in [6.45, 7) is 4.18. The van der Waals surface area contributed by atoms with Crippen molar-refractivity contribution < 1.29 is 4.79 Å². The molecule has 0 spiro atoms. The molecule has 0 aromatic heterocycles. The van der Waals surface area contributed by atoms with Crippen molar-refractivity contribution in [3.63, 3.8) is 0 Å². The number of anilines is 1. The first kappa shape index (κ1) is 8.78. The van der Waals surface area contributed by atoms with Crippen LogP contribution in [-0.2, 0) is 4.79 Å². The minimum atomic E-state index is 0.419. The summed E-state index contributed by atoms with van der Waals surface area (Å²) in [6.07, 6.45) is 1.68. The maximum atomic E-state index is 10.1. The zero-order valence-electron chi connectivity index (χ0n) is 7.29. The van der Waals surface area contributed by atoms with E-state index in [9.17, 15) is 4.79 Å². The van der Waals surface area contributed by atoms with Gasteiger partial charge in [-0.1, -0.05) is 32.0 Å². The molecular weight excluding hydrogens is 150 g/mol. The molecule has 0 unspecified atom stereocenters. The van der Waals surface area contributed by atoms with Crippen LogP contribution in [0.3, 0.4) is 0 Å². The van der Waals surface area contributed by atoms with Crippen molar-refractivity contribution in [3.8, 4) is 0 Å². The Bertz CT molecular complexity index is 268. The normalized spacial score (nSPS) is 9.92. The molecule has 1 N–H and O–H groups in total. The Hall–Kier alpha value is -1.31. The van der Waals surface area contributed by atoms with Crippen molar-refractivity contribution in [3.05, 3.63) is 29.8 Å². The van der Waals surface area contributed by atoms with Gasteiger partial charge in [0.1, 0.15) is 0 Å². The Balaban J connectivity index is 2.99. The fourth-order valence-electron chi connectivity index (χ4n) is 1.17. The van der Waals surface area contributed by atoms with Gasteiger partial charge in [0, 0.05) is 5.69 Å². The number of amides is 1. The summed E-state index contributed by atoms with van der Waals surface area (Å²) >= 11 is 0. The highest BCUT2D eigenvalue weighted by Crippen LogP contribution is 2.22. The van der Waals surface area contributed by atoms with Crippen LogP contribution >= 0.6 is 0 Å². The third-order valence-electron chi connectivity index (χ3n) is 1.77. The van der Waals surface area contributed by atoms with Crippen LogP contribution in [0.1, 0.15) is 25.3 Å². The van der Waals surface area contributed by atoms with Crippen LogP contribution in [-0.4, -0.2) is 6.41 Å². The number of carbonyl (C=O) groups excluding carboxylic acids is 1. The van der Waals surface area contributed by atoms with E-state index in [2.05, 4.69) is 19.2 Å². The summed E-state index contributed by atoms with van der Waals surface area (Å²) in [6, 6.07) is 7.74. The van der Waals surface area contributed by atoms with E-state index in [4.69, 9.17) is 0 Å². The van der Waals surface area contributed by atoms with E-state index in [0.717, 1.165) is 11.3 Å². The number of para-hydroxylation sites is 1. The van der Waals surface area contributed by atoms with E-state index in [1.54, 1.807) is 6.41 Å². The third kappa shape index (κ3) is 1.84. The summed E-state index contributed by atoms with van der Waals surface area (Å²) < 4.78 is 0. The second kappa shape index (κ2) is 3.90. The molecule has 0 aliphatic carbocycles. The van der Waals surface area contributed by atoms with Gasteiger partial charge in [0.2, 0.25) is 0 Å². The number of hydrogen-bond donors (Lipinski definition) is 1. The average molecular weight is 162 g/mol.